The molecule has 0 aliphatic heterocycles. The molecule has 0 saturated heterocycles. The van der Waals surface area contributed by atoms with Gasteiger partial charge in [-0.3, -0.25) is 0 Å². The Morgan fingerprint density at radius 2 is 2.08 bits per heavy atom. The monoisotopic (exact) mass is 159 g/mol. The van der Waals surface area contributed by atoms with Gasteiger partial charge in [-0.05, 0) is 17.7 Å². The van der Waals surface area contributed by atoms with Gasteiger partial charge in [-0.15, -0.1) is 0 Å². The fourth-order valence-electron chi connectivity index (χ4n) is 1.00. The molecule has 1 N–H and O–H groups in total. The van der Waals surface area contributed by atoms with E-state index >= 15 is 0 Å². The van der Waals surface area contributed by atoms with Gasteiger partial charge in [0.05, 0.1) is 12.5 Å². The van der Waals surface area contributed by atoms with E-state index in [4.69, 9.17) is 4.42 Å². The van der Waals surface area contributed by atoms with Crippen molar-refractivity contribution < 1.29 is 4.42 Å². The summed E-state index contributed by atoms with van der Waals surface area (Å²) in [5.41, 5.74) is 2.24. The maximum atomic E-state index is 4.93. The lowest BCUT2D eigenvalue weighted by Crippen LogP contribution is -1.61. The van der Waals surface area contributed by atoms with E-state index < -0.39 is 0 Å². The zero-order valence-electron chi connectivity index (χ0n) is 6.53. The van der Waals surface area contributed by atoms with Gasteiger partial charge in [0.15, 0.2) is 0 Å². The molecule has 0 aromatic carbocycles. The summed E-state index contributed by atoms with van der Waals surface area (Å²) in [5.74, 6) is 0. The Morgan fingerprint density at radius 3 is 2.75 bits per heavy atom. The van der Waals surface area contributed by atoms with E-state index in [-0.39, 0.29) is 0 Å². The Morgan fingerprint density at radius 1 is 1.17 bits per heavy atom. The molecule has 2 rings (SSSR count). The highest BCUT2D eigenvalue weighted by Gasteiger charge is 1.87. The predicted octanol–water partition coefficient (Wildman–Crippen LogP) is 2.78. The zero-order valence-corrected chi connectivity index (χ0v) is 6.53. The van der Waals surface area contributed by atoms with Crippen LogP contribution >= 0.6 is 0 Å². The van der Waals surface area contributed by atoms with E-state index in [9.17, 15) is 0 Å². The maximum Gasteiger partial charge on any atom is 0.0974 e. The van der Waals surface area contributed by atoms with Crippen molar-refractivity contribution in [3.8, 4) is 0 Å². The summed E-state index contributed by atoms with van der Waals surface area (Å²) in [5, 5.41) is 0. The van der Waals surface area contributed by atoms with Gasteiger partial charge in [-0.1, -0.05) is 12.2 Å². The van der Waals surface area contributed by atoms with Crippen LogP contribution in [0.5, 0.6) is 0 Å². The lowest BCUT2D eigenvalue weighted by atomic mass is 10.2. The average Bonchev–Trinajstić information content (AvgIpc) is 2.74. The van der Waals surface area contributed by atoms with E-state index in [0.29, 0.717) is 0 Å². The van der Waals surface area contributed by atoms with Crippen LogP contribution in [-0.4, -0.2) is 4.98 Å². The normalized spacial score (nSPS) is 11.0. The standard InChI is InChI=1S/C10H9NO/c1(9-3-5-11-7-9)2-10-4-6-12-8-10/h1-8,11H/b2-1+. The number of aromatic nitrogens is 1. The third-order valence-electron chi connectivity index (χ3n) is 1.63. The summed E-state index contributed by atoms with van der Waals surface area (Å²) in [4.78, 5) is 2.99. The van der Waals surface area contributed by atoms with Gasteiger partial charge in [-0.2, -0.15) is 0 Å². The molecule has 2 heterocycles. The first-order valence-electron chi connectivity index (χ1n) is 3.78. The average molecular weight is 159 g/mol. The van der Waals surface area contributed by atoms with Crippen LogP contribution in [-0.2, 0) is 0 Å². The quantitative estimate of drug-likeness (QED) is 0.717. The van der Waals surface area contributed by atoms with E-state index in [0.717, 1.165) is 11.1 Å². The Hall–Kier alpha value is -1.70. The molecule has 0 spiro atoms. The molecule has 0 fully saturated rings. The molecule has 0 amide bonds. The second-order valence-corrected chi connectivity index (χ2v) is 2.53. The number of hydrogen-bond acceptors (Lipinski definition) is 1. The summed E-state index contributed by atoms with van der Waals surface area (Å²) in [6.07, 6.45) is 11.2. The van der Waals surface area contributed by atoms with Crippen LogP contribution in [0.4, 0.5) is 0 Å². The smallest absolute Gasteiger partial charge is 0.0974 e. The van der Waals surface area contributed by atoms with Gasteiger partial charge in [0.25, 0.3) is 0 Å². The third kappa shape index (κ3) is 1.48. The first-order chi connectivity index (χ1) is 5.95. The Balaban J connectivity index is 2.14. The number of hydrogen-bond donors (Lipinski definition) is 1. The maximum absolute atomic E-state index is 4.93. The molecule has 0 unspecified atom stereocenters. The van der Waals surface area contributed by atoms with Crippen molar-refractivity contribution in [1.29, 1.82) is 0 Å². The van der Waals surface area contributed by atoms with Crippen molar-refractivity contribution in [1.82, 2.24) is 4.98 Å². The minimum Gasteiger partial charge on any atom is -0.472 e. The molecule has 12 heavy (non-hydrogen) atoms. The van der Waals surface area contributed by atoms with Crippen LogP contribution in [0.2, 0.25) is 0 Å². The minimum atomic E-state index is 1.08. The van der Waals surface area contributed by atoms with Crippen LogP contribution < -0.4 is 0 Å². The molecule has 0 bridgehead atoms. The molecular formula is C10H9NO. The molecule has 0 aliphatic rings. The largest absolute Gasteiger partial charge is 0.472 e. The minimum absolute atomic E-state index is 1.08. The van der Waals surface area contributed by atoms with Crippen molar-refractivity contribution in [3.63, 3.8) is 0 Å². The van der Waals surface area contributed by atoms with Crippen LogP contribution in [0, 0.1) is 0 Å². The number of H-pyrrole nitrogens is 1. The molecule has 0 radical (unpaired) electrons. The Bertz CT molecular complexity index is 307. The predicted molar refractivity (Wildman–Crippen MR) is 48.4 cm³/mol. The fraction of sp³-hybridized carbons (Fsp3) is 0. The molecular weight excluding hydrogens is 150 g/mol. The Kier molecular flexibility index (Phi) is 1.82. The van der Waals surface area contributed by atoms with Gasteiger partial charge in [0.2, 0.25) is 0 Å². The number of aromatic amines is 1. The molecule has 2 aromatic heterocycles. The van der Waals surface area contributed by atoms with E-state index in [1.165, 1.54) is 0 Å². The number of rotatable bonds is 2. The van der Waals surface area contributed by atoms with E-state index in [1.807, 2.05) is 36.7 Å². The molecule has 2 heteroatoms. The van der Waals surface area contributed by atoms with Gasteiger partial charge >= 0.3 is 0 Å². The summed E-state index contributed by atoms with van der Waals surface area (Å²) < 4.78 is 4.93. The summed E-state index contributed by atoms with van der Waals surface area (Å²) >= 11 is 0. The summed E-state index contributed by atoms with van der Waals surface area (Å²) in [6.45, 7) is 0. The second-order valence-electron chi connectivity index (χ2n) is 2.53. The van der Waals surface area contributed by atoms with Gasteiger partial charge < -0.3 is 9.40 Å². The SMILES string of the molecule is C(=C\c1ccoc1)/c1cc[nH]c1. The van der Waals surface area contributed by atoms with Crippen molar-refractivity contribution >= 4 is 12.2 Å². The third-order valence-corrected chi connectivity index (χ3v) is 1.63. The zero-order chi connectivity index (χ0) is 8.23. The molecule has 0 atom stereocenters. The first kappa shape index (κ1) is 6.98. The lowest BCUT2D eigenvalue weighted by Gasteiger charge is -1.81. The molecule has 60 valence electrons. The van der Waals surface area contributed by atoms with Gasteiger partial charge in [-0.25, -0.2) is 0 Å². The van der Waals surface area contributed by atoms with Crippen LogP contribution in [0.1, 0.15) is 11.1 Å². The van der Waals surface area contributed by atoms with Crippen molar-refractivity contribution in [3.05, 3.63) is 48.2 Å². The van der Waals surface area contributed by atoms with Gasteiger partial charge in [0.1, 0.15) is 0 Å². The highest BCUT2D eigenvalue weighted by atomic mass is 16.3. The van der Waals surface area contributed by atoms with E-state index in [2.05, 4.69) is 4.98 Å². The van der Waals surface area contributed by atoms with Crippen molar-refractivity contribution in [2.75, 3.05) is 0 Å². The molecule has 2 aromatic rings. The highest BCUT2D eigenvalue weighted by Crippen LogP contribution is 2.07. The Labute approximate surface area is 70.5 Å². The van der Waals surface area contributed by atoms with Crippen LogP contribution in [0.15, 0.2) is 41.5 Å². The van der Waals surface area contributed by atoms with Crippen molar-refractivity contribution in [2.45, 2.75) is 0 Å². The summed E-state index contributed by atoms with van der Waals surface area (Å²) in [7, 11) is 0. The second kappa shape index (κ2) is 3.13. The van der Waals surface area contributed by atoms with Crippen LogP contribution in [0.25, 0.3) is 12.2 Å². The van der Waals surface area contributed by atoms with Gasteiger partial charge in [0, 0.05) is 18.0 Å². The molecule has 0 aliphatic carbocycles. The highest BCUT2D eigenvalue weighted by molar-refractivity contribution is 5.68. The number of furan rings is 1. The molecule has 0 saturated carbocycles. The fourth-order valence-corrected chi connectivity index (χ4v) is 1.00. The summed E-state index contributed by atoms with van der Waals surface area (Å²) in [6, 6.07) is 3.93. The topological polar surface area (TPSA) is 28.9 Å². The van der Waals surface area contributed by atoms with Crippen molar-refractivity contribution in [2.24, 2.45) is 0 Å². The number of nitrogens with one attached hydrogen (secondary N) is 1. The molecule has 2 nitrogen and oxygen atoms in total. The lowest BCUT2D eigenvalue weighted by molar-refractivity contribution is 0.567. The first-order valence-corrected chi connectivity index (χ1v) is 3.78. The van der Waals surface area contributed by atoms with Crippen LogP contribution in [0.3, 0.4) is 0 Å². The van der Waals surface area contributed by atoms with E-state index in [1.54, 1.807) is 12.5 Å².